The second kappa shape index (κ2) is 5.69. The second-order valence-corrected chi connectivity index (χ2v) is 5.48. The zero-order chi connectivity index (χ0) is 15.6. The highest BCUT2D eigenvalue weighted by atomic mass is 16.3. The molecule has 4 aromatic rings. The summed E-state index contributed by atoms with van der Waals surface area (Å²) in [6.45, 7) is 2.14. The largest absolute Gasteiger partial charge is 0.438 e. The fraction of sp³-hybridized carbons (Fsp3) is 0.100. The van der Waals surface area contributed by atoms with Gasteiger partial charge in [-0.2, -0.15) is 4.98 Å². The van der Waals surface area contributed by atoms with Crippen LogP contribution in [0.15, 0.2) is 71.3 Å². The number of aryl methyl sites for hydroxylation is 1. The maximum atomic E-state index is 5.91. The highest BCUT2D eigenvalue weighted by Crippen LogP contribution is 2.27. The van der Waals surface area contributed by atoms with Crippen LogP contribution in [0.4, 0.5) is 0 Å². The molecule has 23 heavy (non-hydrogen) atoms. The van der Waals surface area contributed by atoms with Gasteiger partial charge in [0, 0.05) is 17.3 Å². The summed E-state index contributed by atoms with van der Waals surface area (Å²) in [5.41, 5.74) is 3.97. The minimum absolute atomic E-state index is 0.619. The molecule has 2 heterocycles. The van der Waals surface area contributed by atoms with Gasteiger partial charge in [0.25, 0.3) is 0 Å². The molecule has 3 nitrogen and oxygen atoms in total. The van der Waals surface area contributed by atoms with E-state index in [1.165, 1.54) is 5.56 Å². The maximum Gasteiger partial charge on any atom is 0.230 e. The first kappa shape index (κ1) is 13.7. The molecule has 0 radical (unpaired) electrons. The Morgan fingerprint density at radius 3 is 2.43 bits per heavy atom. The van der Waals surface area contributed by atoms with E-state index in [1.54, 1.807) is 0 Å². The van der Waals surface area contributed by atoms with Crippen molar-refractivity contribution in [1.29, 1.82) is 0 Å². The van der Waals surface area contributed by atoms with Crippen LogP contribution >= 0.6 is 0 Å². The van der Waals surface area contributed by atoms with Gasteiger partial charge in [-0.3, -0.25) is 0 Å². The van der Waals surface area contributed by atoms with Crippen molar-refractivity contribution in [2.24, 2.45) is 0 Å². The average Bonchev–Trinajstić information content (AvgIpc) is 3.06. The van der Waals surface area contributed by atoms with Gasteiger partial charge in [0.1, 0.15) is 5.76 Å². The number of rotatable bonds is 3. The summed E-state index contributed by atoms with van der Waals surface area (Å²) >= 11 is 0. The van der Waals surface area contributed by atoms with E-state index in [2.05, 4.69) is 41.2 Å². The Hall–Kier alpha value is -2.94. The SMILES string of the molecule is CCc1ccc(-c2ncc3cc(-c4ccccc4)oc3n2)cc1. The topological polar surface area (TPSA) is 38.9 Å². The molecule has 4 rings (SSSR count). The Kier molecular flexibility index (Phi) is 3.39. The van der Waals surface area contributed by atoms with Crippen LogP contribution < -0.4 is 0 Å². The molecule has 0 aliphatic carbocycles. The van der Waals surface area contributed by atoms with Crippen LogP contribution in [-0.2, 0) is 6.42 Å². The summed E-state index contributed by atoms with van der Waals surface area (Å²) in [6.07, 6.45) is 2.85. The number of furan rings is 1. The van der Waals surface area contributed by atoms with E-state index in [4.69, 9.17) is 4.42 Å². The molecule has 3 heteroatoms. The van der Waals surface area contributed by atoms with Crippen molar-refractivity contribution >= 4 is 11.1 Å². The molecule has 2 aromatic carbocycles. The van der Waals surface area contributed by atoms with Crippen LogP contribution in [0.25, 0.3) is 33.8 Å². The van der Waals surface area contributed by atoms with Gasteiger partial charge in [-0.1, -0.05) is 61.5 Å². The number of hydrogen-bond acceptors (Lipinski definition) is 3. The molecule has 0 fully saturated rings. The molecule has 0 spiro atoms. The quantitative estimate of drug-likeness (QED) is 0.527. The molecule has 0 N–H and O–H groups in total. The summed E-state index contributed by atoms with van der Waals surface area (Å²) in [4.78, 5) is 9.04. The van der Waals surface area contributed by atoms with Crippen LogP contribution in [0, 0.1) is 0 Å². The van der Waals surface area contributed by atoms with Gasteiger partial charge in [0.2, 0.25) is 5.71 Å². The number of nitrogens with zero attached hydrogens (tertiary/aromatic N) is 2. The van der Waals surface area contributed by atoms with Crippen molar-refractivity contribution < 1.29 is 4.42 Å². The number of aromatic nitrogens is 2. The zero-order valence-corrected chi connectivity index (χ0v) is 12.9. The molecule has 2 aromatic heterocycles. The van der Waals surface area contributed by atoms with Crippen molar-refractivity contribution in [3.8, 4) is 22.7 Å². The fourth-order valence-electron chi connectivity index (χ4n) is 2.60. The highest BCUT2D eigenvalue weighted by molar-refractivity contribution is 5.80. The third-order valence-electron chi connectivity index (χ3n) is 3.95. The minimum Gasteiger partial charge on any atom is -0.438 e. The number of hydrogen-bond donors (Lipinski definition) is 0. The van der Waals surface area contributed by atoms with Crippen LogP contribution in [-0.4, -0.2) is 9.97 Å². The predicted octanol–water partition coefficient (Wildman–Crippen LogP) is 5.12. The van der Waals surface area contributed by atoms with E-state index < -0.39 is 0 Å². The van der Waals surface area contributed by atoms with Crippen LogP contribution in [0.1, 0.15) is 12.5 Å². The Morgan fingerprint density at radius 2 is 1.70 bits per heavy atom. The van der Waals surface area contributed by atoms with Gasteiger partial charge in [-0.25, -0.2) is 4.98 Å². The zero-order valence-electron chi connectivity index (χ0n) is 12.9. The molecule has 0 aliphatic heterocycles. The van der Waals surface area contributed by atoms with E-state index in [0.29, 0.717) is 11.5 Å². The summed E-state index contributed by atoms with van der Waals surface area (Å²) in [7, 11) is 0. The molecule has 0 amide bonds. The molecule has 0 unspecified atom stereocenters. The first-order valence-corrected chi connectivity index (χ1v) is 7.75. The van der Waals surface area contributed by atoms with E-state index >= 15 is 0 Å². The Balaban J connectivity index is 1.75. The van der Waals surface area contributed by atoms with E-state index in [-0.39, 0.29) is 0 Å². The van der Waals surface area contributed by atoms with Gasteiger partial charge in [-0.05, 0) is 18.1 Å². The lowest BCUT2D eigenvalue weighted by Gasteiger charge is -2.01. The molecular formula is C20H16N2O. The van der Waals surface area contributed by atoms with Crippen molar-refractivity contribution in [3.05, 3.63) is 72.4 Å². The fourth-order valence-corrected chi connectivity index (χ4v) is 2.60. The summed E-state index contributed by atoms with van der Waals surface area (Å²) in [5.74, 6) is 1.50. The Labute approximate surface area is 134 Å². The average molecular weight is 300 g/mol. The normalized spacial score (nSPS) is 11.0. The molecule has 112 valence electrons. The van der Waals surface area contributed by atoms with Gasteiger partial charge in [0.15, 0.2) is 5.82 Å². The van der Waals surface area contributed by atoms with E-state index in [9.17, 15) is 0 Å². The molecule has 0 aliphatic rings. The van der Waals surface area contributed by atoms with Crippen molar-refractivity contribution in [2.75, 3.05) is 0 Å². The van der Waals surface area contributed by atoms with Crippen LogP contribution in [0.2, 0.25) is 0 Å². The first-order valence-electron chi connectivity index (χ1n) is 7.75. The number of fused-ring (bicyclic) bond motifs is 1. The van der Waals surface area contributed by atoms with Crippen molar-refractivity contribution in [2.45, 2.75) is 13.3 Å². The lowest BCUT2D eigenvalue weighted by molar-refractivity contribution is 0.618. The first-order chi connectivity index (χ1) is 11.3. The van der Waals surface area contributed by atoms with Gasteiger partial charge in [0.05, 0.1) is 5.39 Å². The third kappa shape index (κ3) is 2.61. The van der Waals surface area contributed by atoms with Crippen LogP contribution in [0.3, 0.4) is 0 Å². The lowest BCUT2D eigenvalue weighted by Crippen LogP contribution is -1.88. The lowest BCUT2D eigenvalue weighted by atomic mass is 10.1. The van der Waals surface area contributed by atoms with Crippen molar-refractivity contribution in [1.82, 2.24) is 9.97 Å². The minimum atomic E-state index is 0.619. The number of benzene rings is 2. The standard InChI is InChI=1S/C20H16N2O/c1-2-14-8-10-16(11-9-14)19-21-13-17-12-18(23-20(17)22-19)15-6-4-3-5-7-15/h3-13H,2H2,1H3. The predicted molar refractivity (Wildman–Crippen MR) is 92.1 cm³/mol. The summed E-state index contributed by atoms with van der Waals surface area (Å²) < 4.78 is 5.91. The van der Waals surface area contributed by atoms with Gasteiger partial charge >= 0.3 is 0 Å². The molecular weight excluding hydrogens is 284 g/mol. The second-order valence-electron chi connectivity index (χ2n) is 5.48. The Morgan fingerprint density at radius 1 is 0.913 bits per heavy atom. The third-order valence-corrected chi connectivity index (χ3v) is 3.95. The maximum absolute atomic E-state index is 5.91. The van der Waals surface area contributed by atoms with Crippen LogP contribution in [0.5, 0.6) is 0 Å². The Bertz CT molecular complexity index is 940. The monoisotopic (exact) mass is 300 g/mol. The molecule has 0 saturated heterocycles. The smallest absolute Gasteiger partial charge is 0.230 e. The summed E-state index contributed by atoms with van der Waals surface area (Å²) in [6, 6.07) is 20.3. The summed E-state index contributed by atoms with van der Waals surface area (Å²) in [5, 5.41) is 0.915. The van der Waals surface area contributed by atoms with Crippen molar-refractivity contribution in [3.63, 3.8) is 0 Å². The highest BCUT2D eigenvalue weighted by Gasteiger charge is 2.09. The molecule has 0 saturated carbocycles. The molecule has 0 atom stereocenters. The van der Waals surface area contributed by atoms with E-state index in [0.717, 1.165) is 28.7 Å². The van der Waals surface area contributed by atoms with Gasteiger partial charge in [-0.15, -0.1) is 0 Å². The van der Waals surface area contributed by atoms with E-state index in [1.807, 2.05) is 42.6 Å². The molecule has 0 bridgehead atoms. The van der Waals surface area contributed by atoms with Gasteiger partial charge < -0.3 is 4.42 Å².